The van der Waals surface area contributed by atoms with Crippen molar-refractivity contribution >= 4 is 5.97 Å². The zero-order valence-electron chi connectivity index (χ0n) is 12.4. The zero-order chi connectivity index (χ0) is 14.6. The number of aliphatic hydroxyl groups is 1. The summed E-state index contributed by atoms with van der Waals surface area (Å²) in [5.74, 6) is -0.143. The van der Waals surface area contributed by atoms with Gasteiger partial charge < -0.3 is 9.84 Å². The van der Waals surface area contributed by atoms with Crippen LogP contribution < -0.4 is 0 Å². The Morgan fingerprint density at radius 2 is 2.25 bits per heavy atom. The highest BCUT2D eigenvalue weighted by atomic mass is 16.5. The van der Waals surface area contributed by atoms with Crippen molar-refractivity contribution in [2.75, 3.05) is 13.2 Å². The molecule has 0 saturated heterocycles. The van der Waals surface area contributed by atoms with E-state index in [1.165, 1.54) is 11.1 Å². The first-order valence-electron chi connectivity index (χ1n) is 7.48. The van der Waals surface area contributed by atoms with Gasteiger partial charge in [-0.3, -0.25) is 4.79 Å². The molecule has 0 aliphatic heterocycles. The molecule has 1 unspecified atom stereocenters. The molecule has 0 radical (unpaired) electrons. The molecule has 110 valence electrons. The van der Waals surface area contributed by atoms with Gasteiger partial charge in [-0.2, -0.15) is 0 Å². The highest BCUT2D eigenvalue weighted by molar-refractivity contribution is 5.69. The number of carbonyl (C=O) groups excluding carboxylic acids is 1. The largest absolute Gasteiger partial charge is 0.466 e. The fourth-order valence-electron chi connectivity index (χ4n) is 3.01. The number of aliphatic hydroxyl groups excluding tert-OH is 1. The molecular formula is C17H24O3. The van der Waals surface area contributed by atoms with Crippen LogP contribution in [0.5, 0.6) is 0 Å². The van der Waals surface area contributed by atoms with Crippen LogP contribution in [0.2, 0.25) is 0 Å². The molecule has 3 nitrogen and oxygen atoms in total. The minimum absolute atomic E-state index is 0.131. The van der Waals surface area contributed by atoms with Gasteiger partial charge in [0.15, 0.2) is 0 Å². The third-order valence-corrected chi connectivity index (χ3v) is 4.27. The van der Waals surface area contributed by atoms with E-state index in [4.69, 9.17) is 4.74 Å². The van der Waals surface area contributed by atoms with Gasteiger partial charge in [0, 0.05) is 11.8 Å². The number of esters is 1. The third kappa shape index (κ3) is 3.21. The van der Waals surface area contributed by atoms with Crippen LogP contribution in [0.3, 0.4) is 0 Å². The van der Waals surface area contributed by atoms with E-state index in [-0.39, 0.29) is 18.0 Å². The minimum Gasteiger partial charge on any atom is -0.466 e. The first-order valence-corrected chi connectivity index (χ1v) is 7.48. The molecule has 1 atom stereocenters. The Hall–Kier alpha value is -1.35. The van der Waals surface area contributed by atoms with Gasteiger partial charge in [0.1, 0.15) is 0 Å². The maximum atomic E-state index is 11.4. The monoisotopic (exact) mass is 276 g/mol. The van der Waals surface area contributed by atoms with E-state index in [0.717, 1.165) is 24.8 Å². The van der Waals surface area contributed by atoms with Crippen LogP contribution >= 0.6 is 0 Å². The standard InChI is InChI=1S/C17H24O3/c1-3-20-16(19)9-7-13-6-8-14-5-4-10-17(2,12-18)15(14)11-13/h6,8,11,18H,3-5,7,9-10,12H2,1-2H3. The lowest BCUT2D eigenvalue weighted by Crippen LogP contribution is -2.31. The van der Waals surface area contributed by atoms with Gasteiger partial charge in [0.2, 0.25) is 0 Å². The van der Waals surface area contributed by atoms with Gasteiger partial charge in [-0.05, 0) is 49.3 Å². The number of fused-ring (bicyclic) bond motifs is 1. The normalized spacial score (nSPS) is 21.4. The fraction of sp³-hybridized carbons (Fsp3) is 0.588. The summed E-state index contributed by atoms with van der Waals surface area (Å²) < 4.78 is 4.96. The van der Waals surface area contributed by atoms with Crippen molar-refractivity contribution in [2.24, 2.45) is 0 Å². The van der Waals surface area contributed by atoms with E-state index in [0.29, 0.717) is 19.4 Å². The van der Waals surface area contributed by atoms with Gasteiger partial charge in [-0.1, -0.05) is 25.1 Å². The molecule has 1 aromatic carbocycles. The molecule has 2 rings (SSSR count). The van der Waals surface area contributed by atoms with Crippen LogP contribution in [0, 0.1) is 0 Å². The van der Waals surface area contributed by atoms with E-state index < -0.39 is 0 Å². The Labute approximate surface area is 121 Å². The summed E-state index contributed by atoms with van der Waals surface area (Å²) in [7, 11) is 0. The predicted molar refractivity (Wildman–Crippen MR) is 78.8 cm³/mol. The number of benzene rings is 1. The molecular weight excluding hydrogens is 252 g/mol. The first-order chi connectivity index (χ1) is 9.59. The van der Waals surface area contributed by atoms with Gasteiger partial charge in [-0.25, -0.2) is 0 Å². The topological polar surface area (TPSA) is 46.5 Å². The van der Waals surface area contributed by atoms with Crippen LogP contribution in [-0.4, -0.2) is 24.3 Å². The summed E-state index contributed by atoms with van der Waals surface area (Å²) >= 11 is 0. The van der Waals surface area contributed by atoms with Crippen molar-refractivity contribution < 1.29 is 14.6 Å². The molecule has 0 aromatic heterocycles. The Balaban J connectivity index is 2.14. The predicted octanol–water partition coefficient (Wildman–Crippen LogP) is 2.77. The van der Waals surface area contributed by atoms with Crippen molar-refractivity contribution in [1.29, 1.82) is 0 Å². The number of carbonyl (C=O) groups is 1. The van der Waals surface area contributed by atoms with Crippen LogP contribution in [-0.2, 0) is 27.8 Å². The van der Waals surface area contributed by atoms with Crippen molar-refractivity contribution in [1.82, 2.24) is 0 Å². The van der Waals surface area contributed by atoms with Crippen LogP contribution in [0.15, 0.2) is 18.2 Å². The Bertz CT molecular complexity index is 481. The van der Waals surface area contributed by atoms with E-state index in [1.54, 1.807) is 0 Å². The summed E-state index contributed by atoms with van der Waals surface area (Å²) in [5.41, 5.74) is 3.62. The van der Waals surface area contributed by atoms with Gasteiger partial charge in [-0.15, -0.1) is 0 Å². The molecule has 0 saturated carbocycles. The molecule has 0 spiro atoms. The maximum absolute atomic E-state index is 11.4. The van der Waals surface area contributed by atoms with Crippen molar-refractivity contribution in [3.05, 3.63) is 34.9 Å². The lowest BCUT2D eigenvalue weighted by molar-refractivity contribution is -0.143. The van der Waals surface area contributed by atoms with Gasteiger partial charge in [0.25, 0.3) is 0 Å². The average molecular weight is 276 g/mol. The van der Waals surface area contributed by atoms with Crippen LogP contribution in [0.25, 0.3) is 0 Å². The summed E-state index contributed by atoms with van der Waals surface area (Å²) in [5, 5.41) is 9.70. The van der Waals surface area contributed by atoms with Crippen molar-refractivity contribution in [3.8, 4) is 0 Å². The SMILES string of the molecule is CCOC(=O)CCc1ccc2c(c1)C(C)(CO)CCC2. The highest BCUT2D eigenvalue weighted by Gasteiger charge is 2.31. The van der Waals surface area contributed by atoms with Gasteiger partial charge >= 0.3 is 5.97 Å². The van der Waals surface area contributed by atoms with Gasteiger partial charge in [0.05, 0.1) is 13.2 Å². The Morgan fingerprint density at radius 1 is 1.45 bits per heavy atom. The van der Waals surface area contributed by atoms with Crippen LogP contribution in [0.4, 0.5) is 0 Å². The second-order valence-electron chi connectivity index (χ2n) is 5.87. The van der Waals surface area contributed by atoms with Crippen LogP contribution in [0.1, 0.15) is 49.8 Å². The van der Waals surface area contributed by atoms with E-state index >= 15 is 0 Å². The smallest absolute Gasteiger partial charge is 0.306 e. The number of hydrogen-bond acceptors (Lipinski definition) is 3. The number of aryl methyl sites for hydroxylation is 2. The molecule has 3 heteroatoms. The van der Waals surface area contributed by atoms with E-state index in [9.17, 15) is 9.90 Å². The molecule has 1 aliphatic rings. The Kier molecular flexibility index (Phi) is 4.81. The van der Waals surface area contributed by atoms with E-state index in [1.807, 2.05) is 6.92 Å². The number of rotatable bonds is 5. The van der Waals surface area contributed by atoms with Crippen molar-refractivity contribution in [3.63, 3.8) is 0 Å². The molecule has 0 bridgehead atoms. The quantitative estimate of drug-likeness (QED) is 0.841. The zero-order valence-corrected chi connectivity index (χ0v) is 12.4. The molecule has 1 aliphatic carbocycles. The molecule has 0 fully saturated rings. The molecule has 1 N–H and O–H groups in total. The Morgan fingerprint density at radius 3 is 2.95 bits per heavy atom. The fourth-order valence-corrected chi connectivity index (χ4v) is 3.01. The summed E-state index contributed by atoms with van der Waals surface area (Å²) in [6.07, 6.45) is 4.36. The second-order valence-corrected chi connectivity index (χ2v) is 5.87. The number of hydrogen-bond donors (Lipinski definition) is 1. The first kappa shape index (κ1) is 15.0. The molecule has 20 heavy (non-hydrogen) atoms. The lowest BCUT2D eigenvalue weighted by Gasteiger charge is -2.34. The third-order valence-electron chi connectivity index (χ3n) is 4.27. The highest BCUT2D eigenvalue weighted by Crippen LogP contribution is 2.37. The van der Waals surface area contributed by atoms with E-state index in [2.05, 4.69) is 25.1 Å². The number of ether oxygens (including phenoxy) is 1. The second kappa shape index (κ2) is 6.40. The maximum Gasteiger partial charge on any atom is 0.306 e. The molecule has 1 aromatic rings. The molecule has 0 amide bonds. The average Bonchev–Trinajstić information content (AvgIpc) is 2.46. The summed E-state index contributed by atoms with van der Waals surface area (Å²) in [6.45, 7) is 4.57. The summed E-state index contributed by atoms with van der Waals surface area (Å²) in [6, 6.07) is 6.42. The minimum atomic E-state index is -0.143. The van der Waals surface area contributed by atoms with Crippen molar-refractivity contribution in [2.45, 2.75) is 51.4 Å². The summed E-state index contributed by atoms with van der Waals surface area (Å²) in [4.78, 5) is 11.4. The molecule has 0 heterocycles. The lowest BCUT2D eigenvalue weighted by atomic mass is 9.71.